The zero-order valence-corrected chi connectivity index (χ0v) is 47.8. The Morgan fingerprint density at radius 2 is 0.959 bits per heavy atom. The Bertz CT molecular complexity index is 4340. The molecule has 1 spiro atoms. The fourth-order valence-corrected chi connectivity index (χ4v) is 18.0. The maximum absolute atomic E-state index is 2.84. The molecule has 4 aliphatic rings. The lowest BCUT2D eigenvalue weighted by Gasteiger charge is -2.45. The number of rotatable bonds is 4. The summed E-state index contributed by atoms with van der Waals surface area (Å²) in [5.74, 6) is 0. The molecule has 1 aliphatic carbocycles. The Hall–Kier alpha value is -6.44. The number of hydrogen-bond donors (Lipinski definition) is 0. The first kappa shape index (κ1) is 44.1. The van der Waals surface area contributed by atoms with Crippen LogP contribution in [0.5, 0.6) is 0 Å². The highest BCUT2D eigenvalue weighted by Crippen LogP contribution is 2.63. The van der Waals surface area contributed by atoms with E-state index in [1.807, 2.05) is 0 Å². The van der Waals surface area contributed by atoms with Crippen molar-refractivity contribution < 1.29 is 0 Å². The van der Waals surface area contributed by atoms with E-state index >= 15 is 0 Å². The molecule has 11 aromatic rings. The summed E-state index contributed by atoms with van der Waals surface area (Å²) in [5, 5.41) is 12.9. The number of nitrogens with zero attached hydrogens (tertiary/aromatic N) is 2. The lowest BCUT2D eigenvalue weighted by atomic mass is 9.33. The summed E-state index contributed by atoms with van der Waals surface area (Å²) >= 11 is 0. The second-order valence-corrected chi connectivity index (χ2v) is 41.8. The fourth-order valence-electron chi connectivity index (χ4n) is 14.5. The van der Waals surface area contributed by atoms with Crippen LogP contribution in [0.15, 0.2) is 146 Å². The average Bonchev–Trinajstić information content (AvgIpc) is 3.97. The standard InChI is InChI=1S/C67H63BN2Si3/c1-38-26-28-45(44-21-15-14-20-43(38)44)52-37-56-65-60-64(52)69-59-29-27-40(71(5,6)7)32-48(59)50-33-41(72(8,9)10)35-57(62(50)69)68(60)58-36-42(73(11,12)13)34-51-49-30-39(66(2,3)4)31-55(61(49)70(65)63(51)58)67(56)53-24-18-16-22-46(53)47-23-17-19-25-54(47)67/h14-37H,1-13H3. The molecule has 2 aromatic heterocycles. The van der Waals surface area contributed by atoms with E-state index in [9.17, 15) is 0 Å². The van der Waals surface area contributed by atoms with Crippen LogP contribution in [-0.2, 0) is 10.8 Å². The molecule has 0 unspecified atom stereocenters. The molecule has 3 aliphatic heterocycles. The van der Waals surface area contributed by atoms with Crippen molar-refractivity contribution in [1.29, 1.82) is 0 Å². The summed E-state index contributed by atoms with van der Waals surface area (Å²) in [5.41, 5.74) is 25.6. The minimum absolute atomic E-state index is 0.00988. The first-order valence-electron chi connectivity index (χ1n) is 26.9. The molecule has 0 saturated carbocycles. The van der Waals surface area contributed by atoms with Gasteiger partial charge in [-0.25, -0.2) is 0 Å². The van der Waals surface area contributed by atoms with Gasteiger partial charge in [0.05, 0.1) is 46.4 Å². The van der Waals surface area contributed by atoms with Gasteiger partial charge in [-0.3, -0.25) is 0 Å². The molecule has 6 heteroatoms. The second kappa shape index (κ2) is 13.8. The van der Waals surface area contributed by atoms with Gasteiger partial charge in [-0.15, -0.1) is 0 Å². The van der Waals surface area contributed by atoms with Crippen LogP contribution in [0.3, 0.4) is 0 Å². The summed E-state index contributed by atoms with van der Waals surface area (Å²) in [6.45, 7) is 32.4. The molecule has 356 valence electrons. The Kier molecular flexibility index (Phi) is 8.35. The van der Waals surface area contributed by atoms with Crippen molar-refractivity contribution in [3.05, 3.63) is 179 Å². The third kappa shape index (κ3) is 5.44. The van der Waals surface area contributed by atoms with Gasteiger partial charge in [0.25, 0.3) is 6.71 Å². The van der Waals surface area contributed by atoms with Gasteiger partial charge in [0, 0.05) is 43.8 Å². The Morgan fingerprint density at radius 3 is 1.58 bits per heavy atom. The van der Waals surface area contributed by atoms with E-state index in [2.05, 4.69) is 241 Å². The summed E-state index contributed by atoms with van der Waals surface area (Å²) < 4.78 is 5.64. The van der Waals surface area contributed by atoms with Gasteiger partial charge in [0.15, 0.2) is 0 Å². The maximum atomic E-state index is 2.84. The number of fused-ring (bicyclic) bond motifs is 15. The van der Waals surface area contributed by atoms with Crippen molar-refractivity contribution in [2.45, 2.75) is 97.4 Å². The third-order valence-corrected chi connectivity index (χ3v) is 24.3. The normalized spacial score (nSPS) is 15.0. The highest BCUT2D eigenvalue weighted by molar-refractivity contribution is 7.02. The third-order valence-electron chi connectivity index (χ3n) is 18.2. The summed E-state index contributed by atoms with van der Waals surface area (Å²) in [6, 6.07) is 59.4. The molecule has 15 rings (SSSR count). The smallest absolute Gasteiger partial charge is 0.252 e. The number of benzene rings is 9. The van der Waals surface area contributed by atoms with Crippen LogP contribution in [0, 0.1) is 6.92 Å². The van der Waals surface area contributed by atoms with E-state index in [-0.39, 0.29) is 12.1 Å². The van der Waals surface area contributed by atoms with E-state index in [1.54, 1.807) is 5.19 Å². The lowest BCUT2D eigenvalue weighted by molar-refractivity contribution is 0.588. The summed E-state index contributed by atoms with van der Waals surface area (Å²) in [6.07, 6.45) is 0. The highest BCUT2D eigenvalue weighted by atomic mass is 28.3. The first-order valence-corrected chi connectivity index (χ1v) is 37.4. The van der Waals surface area contributed by atoms with Crippen LogP contribution >= 0.6 is 0 Å². The molecule has 9 aromatic carbocycles. The molecule has 73 heavy (non-hydrogen) atoms. The second-order valence-electron chi connectivity index (χ2n) is 26.6. The van der Waals surface area contributed by atoms with E-state index < -0.39 is 29.6 Å². The Balaban J connectivity index is 1.27. The molecule has 2 nitrogen and oxygen atoms in total. The van der Waals surface area contributed by atoms with Crippen LogP contribution in [0.2, 0.25) is 58.9 Å². The SMILES string of the molecule is Cc1ccc(-c2cc3c4c5c2-n2c6ccc([Si](C)(C)C)cc6c6cc([Si](C)(C)C)cc(c62)B5c2cc([Si](C)(C)C)cc5c6cc(C(C)(C)C)cc(c6n-4c25)C32c3ccccc3-c3ccccc32)c2ccccc12. The molecular formula is C67H63BN2Si3. The van der Waals surface area contributed by atoms with Crippen LogP contribution in [0.1, 0.15) is 54.2 Å². The number of aromatic nitrogens is 2. The van der Waals surface area contributed by atoms with Crippen molar-refractivity contribution >= 4 is 117 Å². The van der Waals surface area contributed by atoms with Crippen LogP contribution in [0.25, 0.3) is 88.0 Å². The molecule has 0 saturated heterocycles. The Morgan fingerprint density at radius 1 is 0.411 bits per heavy atom. The van der Waals surface area contributed by atoms with E-state index in [4.69, 9.17) is 0 Å². The quantitative estimate of drug-likeness (QED) is 0.156. The van der Waals surface area contributed by atoms with Gasteiger partial charge in [0.2, 0.25) is 0 Å². The first-order chi connectivity index (χ1) is 34.7. The van der Waals surface area contributed by atoms with Crippen LogP contribution < -0.4 is 31.9 Å². The largest absolute Gasteiger partial charge is 0.310 e. The van der Waals surface area contributed by atoms with Crippen LogP contribution in [0.4, 0.5) is 0 Å². The molecule has 0 N–H and O–H groups in total. The van der Waals surface area contributed by atoms with Crippen molar-refractivity contribution in [3.8, 4) is 33.6 Å². The predicted molar refractivity (Wildman–Crippen MR) is 326 cm³/mol. The summed E-state index contributed by atoms with van der Waals surface area (Å²) in [4.78, 5) is 0. The van der Waals surface area contributed by atoms with Gasteiger partial charge in [0.1, 0.15) is 0 Å². The van der Waals surface area contributed by atoms with Gasteiger partial charge in [-0.2, -0.15) is 0 Å². The zero-order valence-electron chi connectivity index (χ0n) is 44.8. The van der Waals surface area contributed by atoms with Crippen molar-refractivity contribution in [3.63, 3.8) is 0 Å². The van der Waals surface area contributed by atoms with Gasteiger partial charge < -0.3 is 9.13 Å². The van der Waals surface area contributed by atoms with E-state index in [0.717, 1.165) is 0 Å². The van der Waals surface area contributed by atoms with Gasteiger partial charge in [-0.05, 0) is 108 Å². The van der Waals surface area contributed by atoms with Crippen molar-refractivity contribution in [1.82, 2.24) is 9.13 Å². The van der Waals surface area contributed by atoms with Gasteiger partial charge in [-0.1, -0.05) is 223 Å². The molecule has 0 atom stereocenters. The van der Waals surface area contributed by atoms with Crippen molar-refractivity contribution in [2.75, 3.05) is 0 Å². The average molecular weight is 991 g/mol. The van der Waals surface area contributed by atoms with Crippen molar-refractivity contribution in [2.24, 2.45) is 0 Å². The highest BCUT2D eigenvalue weighted by Gasteiger charge is 2.55. The number of aryl methyl sites for hydroxylation is 1. The Labute approximate surface area is 433 Å². The van der Waals surface area contributed by atoms with E-state index in [0.29, 0.717) is 0 Å². The fraction of sp³-hybridized carbons (Fsp3) is 0.224. The monoisotopic (exact) mass is 990 g/mol. The number of hydrogen-bond acceptors (Lipinski definition) is 0. The zero-order chi connectivity index (χ0) is 50.4. The molecule has 0 bridgehead atoms. The maximum Gasteiger partial charge on any atom is 0.252 e. The topological polar surface area (TPSA) is 9.86 Å². The molecule has 0 radical (unpaired) electrons. The summed E-state index contributed by atoms with van der Waals surface area (Å²) in [7, 11) is -5.44. The molecule has 0 fully saturated rings. The molecular weight excluding hydrogens is 928 g/mol. The molecule has 0 amide bonds. The lowest BCUT2D eigenvalue weighted by Crippen LogP contribution is -2.62. The van der Waals surface area contributed by atoms with Gasteiger partial charge >= 0.3 is 0 Å². The minimum atomic E-state index is -1.89. The van der Waals surface area contributed by atoms with E-state index in [1.165, 1.54) is 148 Å². The van der Waals surface area contributed by atoms with Crippen LogP contribution in [-0.4, -0.2) is 40.1 Å². The predicted octanol–water partition coefficient (Wildman–Crippen LogP) is 13.8. The molecule has 5 heterocycles. The minimum Gasteiger partial charge on any atom is -0.310 e.